The van der Waals surface area contributed by atoms with Crippen LogP contribution in [0.4, 0.5) is 0 Å². The summed E-state index contributed by atoms with van der Waals surface area (Å²) in [6.45, 7) is 2.29. The van der Waals surface area contributed by atoms with E-state index in [1.807, 2.05) is 55.5 Å². The Kier molecular flexibility index (Phi) is 5.21. The van der Waals surface area contributed by atoms with Gasteiger partial charge in [-0.2, -0.15) is 0 Å². The summed E-state index contributed by atoms with van der Waals surface area (Å²) in [7, 11) is 1.67. The molecule has 38 heavy (non-hydrogen) atoms. The smallest absolute Gasteiger partial charge is 0.228 e. The van der Waals surface area contributed by atoms with E-state index >= 15 is 0 Å². The Balaban J connectivity index is 1.39. The van der Waals surface area contributed by atoms with E-state index in [-0.39, 0.29) is 12.5 Å². The Bertz CT molecular complexity index is 1790. The van der Waals surface area contributed by atoms with E-state index in [0.717, 1.165) is 44.7 Å². The van der Waals surface area contributed by atoms with Crippen LogP contribution in [-0.4, -0.2) is 26.7 Å². The Hall–Kier alpha value is -4.91. The molecule has 1 atom stereocenters. The van der Waals surface area contributed by atoms with Crippen molar-refractivity contribution in [3.8, 4) is 23.1 Å². The van der Waals surface area contributed by atoms with Crippen LogP contribution >= 0.6 is 0 Å². The molecule has 3 heterocycles. The van der Waals surface area contributed by atoms with Crippen molar-refractivity contribution in [2.24, 2.45) is 0 Å². The zero-order valence-electron chi connectivity index (χ0n) is 21.0. The second-order valence-corrected chi connectivity index (χ2v) is 9.37. The normalized spacial score (nSPS) is 14.1. The summed E-state index contributed by atoms with van der Waals surface area (Å²) in [6, 6.07) is 28.5. The molecule has 0 amide bonds. The van der Waals surface area contributed by atoms with E-state index < -0.39 is 0 Å². The monoisotopic (exact) mass is 500 g/mol. The van der Waals surface area contributed by atoms with Crippen LogP contribution in [0.3, 0.4) is 0 Å². The van der Waals surface area contributed by atoms with Gasteiger partial charge in [-0.05, 0) is 53.6 Å². The largest absolute Gasteiger partial charge is 0.497 e. The predicted octanol–water partition coefficient (Wildman–Crippen LogP) is 6.46. The van der Waals surface area contributed by atoms with Gasteiger partial charge < -0.3 is 14.2 Å². The van der Waals surface area contributed by atoms with Gasteiger partial charge in [-0.15, -0.1) is 5.10 Å². The van der Waals surface area contributed by atoms with Crippen molar-refractivity contribution in [3.63, 3.8) is 0 Å². The van der Waals surface area contributed by atoms with Gasteiger partial charge >= 0.3 is 0 Å². The van der Waals surface area contributed by atoms with Crippen molar-refractivity contribution >= 4 is 16.4 Å². The van der Waals surface area contributed by atoms with E-state index in [9.17, 15) is 0 Å². The first-order valence-corrected chi connectivity index (χ1v) is 12.4. The van der Waals surface area contributed by atoms with Crippen molar-refractivity contribution in [1.29, 1.82) is 0 Å². The number of hydrogen-bond donors (Lipinski definition) is 0. The highest BCUT2D eigenvalue weighted by atomic mass is 16.5. The topological polar surface area (TPSA) is 70.8 Å². The molecule has 0 radical (unpaired) electrons. The molecule has 1 aliphatic rings. The van der Waals surface area contributed by atoms with E-state index in [1.165, 1.54) is 5.56 Å². The van der Waals surface area contributed by atoms with Gasteiger partial charge in [0.05, 0.1) is 12.7 Å². The first kappa shape index (κ1) is 22.3. The minimum Gasteiger partial charge on any atom is -0.497 e. The molecule has 4 aromatic carbocycles. The van der Waals surface area contributed by atoms with Crippen molar-refractivity contribution in [2.45, 2.75) is 19.4 Å². The van der Waals surface area contributed by atoms with Crippen LogP contribution in [0.2, 0.25) is 0 Å². The minimum atomic E-state index is -0.169. The average molecular weight is 501 g/mol. The van der Waals surface area contributed by atoms with Gasteiger partial charge in [0.2, 0.25) is 5.88 Å². The van der Waals surface area contributed by atoms with Crippen LogP contribution in [0.15, 0.2) is 91.3 Å². The standard InChI is InChI=1S/C31H24N4O3/c1-19-7-12-23(13-8-19)37-17-26-33-30-29-27(21-9-14-22(36-2)15-10-21)28-24-6-4-3-5-20(24)11-16-25(28)38-31(29)32-18-35(30)34-26/h3-16,18,27H,17H2,1-2H3. The highest BCUT2D eigenvalue weighted by Crippen LogP contribution is 2.50. The SMILES string of the molecule is COc1ccc(C2c3c(ccc4ccccc34)Oc3ncn4nc(COc5ccc(C)cc5)nc4c32)cc1. The summed E-state index contributed by atoms with van der Waals surface area (Å²) in [5.41, 5.74) is 4.91. The molecule has 0 bridgehead atoms. The van der Waals surface area contributed by atoms with Crippen molar-refractivity contribution in [2.75, 3.05) is 7.11 Å². The van der Waals surface area contributed by atoms with E-state index in [4.69, 9.17) is 19.2 Å². The van der Waals surface area contributed by atoms with E-state index in [2.05, 4.69) is 46.5 Å². The highest BCUT2D eigenvalue weighted by Gasteiger charge is 2.34. The summed E-state index contributed by atoms with van der Waals surface area (Å²) >= 11 is 0. The summed E-state index contributed by atoms with van der Waals surface area (Å²) in [5, 5.41) is 6.94. The molecule has 0 fully saturated rings. The fraction of sp³-hybridized carbons (Fsp3) is 0.129. The predicted molar refractivity (Wildman–Crippen MR) is 144 cm³/mol. The fourth-order valence-electron chi connectivity index (χ4n) is 5.12. The Morgan fingerprint density at radius 3 is 2.47 bits per heavy atom. The van der Waals surface area contributed by atoms with Crippen LogP contribution in [0.1, 0.15) is 34.0 Å². The summed E-state index contributed by atoms with van der Waals surface area (Å²) in [4.78, 5) is 9.55. The molecule has 7 nitrogen and oxygen atoms in total. The molecule has 186 valence electrons. The Labute approximate surface area is 219 Å². The highest BCUT2D eigenvalue weighted by molar-refractivity contribution is 5.90. The van der Waals surface area contributed by atoms with Gasteiger partial charge in [0, 0.05) is 11.5 Å². The van der Waals surface area contributed by atoms with Gasteiger partial charge in [0.25, 0.3) is 0 Å². The number of benzene rings is 4. The first-order valence-electron chi connectivity index (χ1n) is 12.4. The molecule has 7 rings (SSSR count). The lowest BCUT2D eigenvalue weighted by Gasteiger charge is -2.29. The maximum atomic E-state index is 6.39. The van der Waals surface area contributed by atoms with Gasteiger partial charge in [0.15, 0.2) is 11.5 Å². The van der Waals surface area contributed by atoms with Crippen LogP contribution in [0.5, 0.6) is 23.1 Å². The Morgan fingerprint density at radius 1 is 0.868 bits per heavy atom. The number of aryl methyl sites for hydroxylation is 1. The molecule has 0 N–H and O–H groups in total. The summed E-state index contributed by atoms with van der Waals surface area (Å²) in [6.07, 6.45) is 1.65. The molecule has 6 aromatic rings. The Morgan fingerprint density at radius 2 is 1.66 bits per heavy atom. The van der Waals surface area contributed by atoms with Gasteiger partial charge in [-0.3, -0.25) is 0 Å². The second-order valence-electron chi connectivity index (χ2n) is 9.37. The number of nitrogens with zero attached hydrogens (tertiary/aromatic N) is 4. The van der Waals surface area contributed by atoms with E-state index in [1.54, 1.807) is 18.0 Å². The van der Waals surface area contributed by atoms with Crippen LogP contribution < -0.4 is 14.2 Å². The molecular weight excluding hydrogens is 476 g/mol. The number of rotatable bonds is 5. The van der Waals surface area contributed by atoms with Gasteiger partial charge in [-0.25, -0.2) is 14.5 Å². The summed E-state index contributed by atoms with van der Waals surface area (Å²) in [5.74, 6) is 3.29. The third-order valence-corrected chi connectivity index (χ3v) is 6.98. The lowest BCUT2D eigenvalue weighted by atomic mass is 9.81. The zero-order valence-corrected chi connectivity index (χ0v) is 21.0. The second kappa shape index (κ2) is 8.88. The molecule has 7 heteroatoms. The quantitative estimate of drug-likeness (QED) is 0.270. The molecule has 2 aromatic heterocycles. The number of methoxy groups -OCH3 is 1. The maximum absolute atomic E-state index is 6.39. The minimum absolute atomic E-state index is 0.169. The van der Waals surface area contributed by atoms with Crippen LogP contribution in [0, 0.1) is 6.92 Å². The maximum Gasteiger partial charge on any atom is 0.228 e. The number of hydrogen-bond acceptors (Lipinski definition) is 6. The van der Waals surface area contributed by atoms with Crippen LogP contribution in [0.25, 0.3) is 16.4 Å². The number of fused-ring (bicyclic) bond motifs is 6. The zero-order chi connectivity index (χ0) is 25.6. The van der Waals surface area contributed by atoms with Crippen LogP contribution in [-0.2, 0) is 6.61 Å². The number of aromatic nitrogens is 4. The molecule has 0 saturated carbocycles. The number of ether oxygens (including phenoxy) is 3. The van der Waals surface area contributed by atoms with Gasteiger partial charge in [-0.1, -0.05) is 60.2 Å². The molecule has 1 unspecified atom stereocenters. The lowest BCUT2D eigenvalue weighted by molar-refractivity contribution is 0.296. The molecular formula is C31H24N4O3. The molecule has 0 aliphatic carbocycles. The molecule has 0 spiro atoms. The van der Waals surface area contributed by atoms with Crippen molar-refractivity contribution in [1.82, 2.24) is 19.6 Å². The fourth-order valence-corrected chi connectivity index (χ4v) is 5.12. The lowest BCUT2D eigenvalue weighted by Crippen LogP contribution is -2.15. The molecule has 0 saturated heterocycles. The average Bonchev–Trinajstić information content (AvgIpc) is 3.39. The third kappa shape index (κ3) is 3.71. The third-order valence-electron chi connectivity index (χ3n) is 6.98. The van der Waals surface area contributed by atoms with Gasteiger partial charge in [0.1, 0.15) is 30.2 Å². The molecule has 1 aliphatic heterocycles. The van der Waals surface area contributed by atoms with Crippen molar-refractivity contribution in [3.05, 3.63) is 119 Å². The first-order chi connectivity index (χ1) is 18.7. The summed E-state index contributed by atoms with van der Waals surface area (Å²) < 4.78 is 19.5. The van der Waals surface area contributed by atoms with Crippen molar-refractivity contribution < 1.29 is 14.2 Å². The van der Waals surface area contributed by atoms with E-state index in [0.29, 0.717) is 17.4 Å².